The molecule has 1 aliphatic heterocycles. The fraction of sp³-hybridized carbons (Fsp3) is 0.391. The van der Waals surface area contributed by atoms with Crippen LogP contribution in [0.1, 0.15) is 23.4 Å². The minimum Gasteiger partial charge on any atom is -0.340 e. The van der Waals surface area contributed by atoms with Gasteiger partial charge in [0.25, 0.3) is 0 Å². The SMILES string of the molecule is Cn1ccc(CC(=O)N2CCC(N(Cc3ccccc3)C(=O)Cc3ccn(C)n3)C2)n1. The molecule has 0 aliphatic carbocycles. The number of carbonyl (C=O) groups is 2. The van der Waals surface area contributed by atoms with Crippen LogP contribution in [0.4, 0.5) is 0 Å². The number of aromatic nitrogens is 4. The van der Waals surface area contributed by atoms with Gasteiger partial charge in [-0.2, -0.15) is 10.2 Å². The molecular formula is C23H28N6O2. The standard InChI is InChI=1S/C23H28N6O2/c1-26-11-8-19(24-26)14-22(30)28-13-10-21(17-28)29(16-18-6-4-3-5-7-18)23(31)15-20-9-12-27(2)25-20/h3-9,11-12,21H,10,13-17H2,1-2H3. The van der Waals surface area contributed by atoms with E-state index in [-0.39, 0.29) is 30.7 Å². The number of aryl methyl sites for hydroxylation is 2. The predicted molar refractivity (Wildman–Crippen MR) is 116 cm³/mol. The highest BCUT2D eigenvalue weighted by molar-refractivity contribution is 5.80. The van der Waals surface area contributed by atoms with Gasteiger partial charge in [-0.1, -0.05) is 30.3 Å². The fourth-order valence-corrected chi connectivity index (χ4v) is 4.06. The second-order valence-corrected chi connectivity index (χ2v) is 8.10. The lowest BCUT2D eigenvalue weighted by Gasteiger charge is -2.29. The van der Waals surface area contributed by atoms with Crippen molar-refractivity contribution in [3.63, 3.8) is 0 Å². The van der Waals surface area contributed by atoms with Gasteiger partial charge in [-0.05, 0) is 24.1 Å². The summed E-state index contributed by atoms with van der Waals surface area (Å²) in [5.41, 5.74) is 2.60. The molecule has 0 N–H and O–H groups in total. The van der Waals surface area contributed by atoms with Gasteiger partial charge in [0, 0.05) is 46.1 Å². The van der Waals surface area contributed by atoms with E-state index in [1.165, 1.54) is 0 Å². The Hall–Kier alpha value is -3.42. The summed E-state index contributed by atoms with van der Waals surface area (Å²) in [6.45, 7) is 1.73. The number of hydrogen-bond donors (Lipinski definition) is 0. The summed E-state index contributed by atoms with van der Waals surface area (Å²) in [6, 6.07) is 13.7. The van der Waals surface area contributed by atoms with Crippen LogP contribution in [0.3, 0.4) is 0 Å². The lowest BCUT2D eigenvalue weighted by molar-refractivity contribution is -0.135. The Balaban J connectivity index is 1.45. The average molecular weight is 421 g/mol. The molecule has 1 aromatic carbocycles. The number of likely N-dealkylation sites (tertiary alicyclic amines) is 1. The number of hydrogen-bond acceptors (Lipinski definition) is 4. The lowest BCUT2D eigenvalue weighted by atomic mass is 10.1. The number of amides is 2. The van der Waals surface area contributed by atoms with E-state index in [0.717, 1.165) is 23.4 Å². The molecule has 0 bridgehead atoms. The molecule has 1 saturated heterocycles. The van der Waals surface area contributed by atoms with E-state index in [0.29, 0.717) is 19.6 Å². The molecule has 8 heteroatoms. The van der Waals surface area contributed by atoms with E-state index in [1.54, 1.807) is 9.36 Å². The summed E-state index contributed by atoms with van der Waals surface area (Å²) in [4.78, 5) is 29.8. The zero-order valence-corrected chi connectivity index (χ0v) is 18.0. The third-order valence-electron chi connectivity index (χ3n) is 5.68. The molecular weight excluding hydrogens is 392 g/mol. The van der Waals surface area contributed by atoms with Gasteiger partial charge in [0.2, 0.25) is 11.8 Å². The van der Waals surface area contributed by atoms with Crippen molar-refractivity contribution in [2.24, 2.45) is 14.1 Å². The van der Waals surface area contributed by atoms with Gasteiger partial charge in [-0.25, -0.2) is 0 Å². The summed E-state index contributed by atoms with van der Waals surface area (Å²) < 4.78 is 3.41. The Bertz CT molecular complexity index is 1040. The quantitative estimate of drug-likeness (QED) is 0.581. The van der Waals surface area contributed by atoms with Crippen molar-refractivity contribution in [2.45, 2.75) is 31.8 Å². The zero-order chi connectivity index (χ0) is 21.8. The first-order valence-corrected chi connectivity index (χ1v) is 10.6. The molecule has 3 heterocycles. The van der Waals surface area contributed by atoms with Crippen molar-refractivity contribution >= 4 is 11.8 Å². The molecule has 162 valence electrons. The van der Waals surface area contributed by atoms with E-state index >= 15 is 0 Å². The summed E-state index contributed by atoms with van der Waals surface area (Å²) in [7, 11) is 3.69. The Morgan fingerprint density at radius 3 is 2.23 bits per heavy atom. The molecule has 31 heavy (non-hydrogen) atoms. The van der Waals surface area contributed by atoms with Crippen molar-refractivity contribution in [1.82, 2.24) is 29.4 Å². The van der Waals surface area contributed by atoms with Gasteiger partial charge >= 0.3 is 0 Å². The van der Waals surface area contributed by atoms with Gasteiger partial charge in [0.05, 0.1) is 30.3 Å². The number of carbonyl (C=O) groups excluding carboxylic acids is 2. The van der Waals surface area contributed by atoms with Crippen LogP contribution < -0.4 is 0 Å². The average Bonchev–Trinajstić information content (AvgIpc) is 3.49. The molecule has 0 saturated carbocycles. The second-order valence-electron chi connectivity index (χ2n) is 8.10. The van der Waals surface area contributed by atoms with Crippen LogP contribution in [0.25, 0.3) is 0 Å². The maximum absolute atomic E-state index is 13.2. The van der Waals surface area contributed by atoms with Crippen molar-refractivity contribution in [1.29, 1.82) is 0 Å². The summed E-state index contributed by atoms with van der Waals surface area (Å²) in [6.07, 6.45) is 5.00. The van der Waals surface area contributed by atoms with E-state index in [2.05, 4.69) is 10.2 Å². The minimum atomic E-state index is -0.0101. The molecule has 2 aromatic heterocycles. The Labute approximate surface area is 182 Å². The van der Waals surface area contributed by atoms with Gasteiger partial charge < -0.3 is 9.80 Å². The highest BCUT2D eigenvalue weighted by Crippen LogP contribution is 2.20. The molecule has 0 radical (unpaired) electrons. The topological polar surface area (TPSA) is 76.3 Å². The molecule has 4 rings (SSSR count). The first-order chi connectivity index (χ1) is 15.0. The third kappa shape index (κ3) is 5.20. The lowest BCUT2D eigenvalue weighted by Crippen LogP contribution is -2.43. The molecule has 1 unspecified atom stereocenters. The van der Waals surface area contributed by atoms with Crippen LogP contribution in [0.2, 0.25) is 0 Å². The maximum atomic E-state index is 13.2. The number of rotatable bonds is 7. The highest BCUT2D eigenvalue weighted by Gasteiger charge is 2.33. The molecule has 1 atom stereocenters. The molecule has 1 fully saturated rings. The Kier molecular flexibility index (Phi) is 6.16. The smallest absolute Gasteiger partial charge is 0.229 e. The van der Waals surface area contributed by atoms with E-state index < -0.39 is 0 Å². The number of benzene rings is 1. The van der Waals surface area contributed by atoms with Crippen LogP contribution >= 0.6 is 0 Å². The van der Waals surface area contributed by atoms with Crippen LogP contribution in [0, 0.1) is 0 Å². The van der Waals surface area contributed by atoms with Crippen molar-refractivity contribution < 1.29 is 9.59 Å². The molecule has 8 nitrogen and oxygen atoms in total. The van der Waals surface area contributed by atoms with E-state index in [9.17, 15) is 9.59 Å². The van der Waals surface area contributed by atoms with E-state index in [1.807, 2.05) is 78.8 Å². The summed E-state index contributed by atoms with van der Waals surface area (Å²) >= 11 is 0. The summed E-state index contributed by atoms with van der Waals surface area (Å²) in [5.74, 6) is 0.0876. The van der Waals surface area contributed by atoms with Gasteiger partial charge in [0.15, 0.2) is 0 Å². The van der Waals surface area contributed by atoms with Crippen LogP contribution in [-0.2, 0) is 43.1 Å². The van der Waals surface area contributed by atoms with Crippen LogP contribution in [-0.4, -0.2) is 60.3 Å². The van der Waals surface area contributed by atoms with E-state index in [4.69, 9.17) is 0 Å². The molecule has 3 aromatic rings. The van der Waals surface area contributed by atoms with Crippen molar-refractivity contribution in [3.05, 3.63) is 71.8 Å². The van der Waals surface area contributed by atoms with Gasteiger partial charge in [-0.15, -0.1) is 0 Å². The zero-order valence-electron chi connectivity index (χ0n) is 18.0. The first kappa shape index (κ1) is 20.8. The van der Waals surface area contributed by atoms with Crippen molar-refractivity contribution in [2.75, 3.05) is 13.1 Å². The maximum Gasteiger partial charge on any atom is 0.229 e. The Morgan fingerprint density at radius 2 is 1.61 bits per heavy atom. The minimum absolute atomic E-state index is 0.0101. The first-order valence-electron chi connectivity index (χ1n) is 10.6. The molecule has 2 amide bonds. The normalized spacial score (nSPS) is 15.9. The van der Waals surface area contributed by atoms with Crippen molar-refractivity contribution in [3.8, 4) is 0 Å². The van der Waals surface area contributed by atoms with Crippen LogP contribution in [0.5, 0.6) is 0 Å². The van der Waals surface area contributed by atoms with Gasteiger partial charge in [0.1, 0.15) is 0 Å². The largest absolute Gasteiger partial charge is 0.340 e. The molecule has 0 spiro atoms. The third-order valence-corrected chi connectivity index (χ3v) is 5.68. The fourth-order valence-electron chi connectivity index (χ4n) is 4.06. The Morgan fingerprint density at radius 1 is 0.968 bits per heavy atom. The summed E-state index contributed by atoms with van der Waals surface area (Å²) in [5, 5.41) is 8.66. The predicted octanol–water partition coefficient (Wildman–Crippen LogP) is 1.57. The molecule has 1 aliphatic rings. The number of nitrogens with zero attached hydrogens (tertiary/aromatic N) is 6. The van der Waals surface area contributed by atoms with Crippen LogP contribution in [0.15, 0.2) is 54.9 Å². The monoisotopic (exact) mass is 420 g/mol. The highest BCUT2D eigenvalue weighted by atomic mass is 16.2. The van der Waals surface area contributed by atoms with Gasteiger partial charge in [-0.3, -0.25) is 19.0 Å². The second kappa shape index (κ2) is 9.16.